The van der Waals surface area contributed by atoms with E-state index in [4.69, 9.17) is 0 Å². The molecular formula is C27H37NO3. The lowest BCUT2D eigenvalue weighted by Crippen LogP contribution is -2.38. The summed E-state index contributed by atoms with van der Waals surface area (Å²) >= 11 is 0. The van der Waals surface area contributed by atoms with E-state index < -0.39 is 17.8 Å². The minimum atomic E-state index is -0.914. The van der Waals surface area contributed by atoms with Crippen LogP contribution in [-0.4, -0.2) is 17.0 Å². The number of nitrogens with one attached hydrogen (secondary N) is 1. The molecule has 0 radical (unpaired) electrons. The Kier molecular flexibility index (Phi) is 8.05. The first-order valence-electron chi connectivity index (χ1n) is 11.0. The van der Waals surface area contributed by atoms with E-state index in [0.29, 0.717) is 18.5 Å². The van der Waals surface area contributed by atoms with Crippen LogP contribution in [0.3, 0.4) is 0 Å². The molecule has 0 fully saturated rings. The van der Waals surface area contributed by atoms with Crippen LogP contribution >= 0.6 is 0 Å². The summed E-state index contributed by atoms with van der Waals surface area (Å²) in [6.07, 6.45) is 0.903. The molecule has 0 saturated carbocycles. The van der Waals surface area contributed by atoms with Gasteiger partial charge in [0.15, 0.2) is 0 Å². The zero-order valence-corrected chi connectivity index (χ0v) is 19.7. The van der Waals surface area contributed by atoms with Gasteiger partial charge in [0.2, 0.25) is 5.91 Å². The number of carbonyl (C=O) groups is 2. The van der Waals surface area contributed by atoms with Gasteiger partial charge < -0.3 is 10.4 Å². The van der Waals surface area contributed by atoms with Crippen molar-refractivity contribution in [3.8, 4) is 0 Å². The molecule has 2 rings (SSSR count). The van der Waals surface area contributed by atoms with E-state index in [9.17, 15) is 14.7 Å². The molecule has 0 aliphatic rings. The van der Waals surface area contributed by atoms with Gasteiger partial charge in [0.05, 0.1) is 11.8 Å². The summed E-state index contributed by atoms with van der Waals surface area (Å²) in [6, 6.07) is 19.3. The van der Waals surface area contributed by atoms with Crippen LogP contribution in [0.1, 0.15) is 65.9 Å². The fourth-order valence-electron chi connectivity index (χ4n) is 4.20. The van der Waals surface area contributed by atoms with Crippen LogP contribution in [0.4, 0.5) is 5.69 Å². The fraction of sp³-hybridized carbons (Fsp3) is 0.481. The van der Waals surface area contributed by atoms with E-state index in [1.807, 2.05) is 69.3 Å². The third-order valence-corrected chi connectivity index (χ3v) is 5.75. The van der Waals surface area contributed by atoms with Gasteiger partial charge in [-0.3, -0.25) is 9.59 Å². The lowest BCUT2D eigenvalue weighted by atomic mass is 9.68. The number of carbonyl (C=O) groups excluding carboxylic acids is 1. The number of hydrogen-bond acceptors (Lipinski definition) is 2. The maximum atomic E-state index is 13.3. The largest absolute Gasteiger partial charge is 0.481 e. The number of para-hydroxylation sites is 1. The van der Waals surface area contributed by atoms with Gasteiger partial charge in [-0.1, -0.05) is 90.1 Å². The van der Waals surface area contributed by atoms with Crippen molar-refractivity contribution in [3.05, 3.63) is 66.2 Å². The van der Waals surface area contributed by atoms with Crippen LogP contribution in [0.5, 0.6) is 0 Å². The SMILES string of the molecule is CC(C)(C)CC(C(=O)Nc1ccccc1)C(CC(c1ccccc1)C(C)(C)C)C(=O)O. The minimum Gasteiger partial charge on any atom is -0.481 e. The van der Waals surface area contributed by atoms with E-state index in [1.54, 1.807) is 0 Å². The highest BCUT2D eigenvalue weighted by Gasteiger charge is 2.40. The first-order valence-corrected chi connectivity index (χ1v) is 11.0. The molecule has 3 unspecified atom stereocenters. The van der Waals surface area contributed by atoms with Gasteiger partial charge in [-0.05, 0) is 47.3 Å². The summed E-state index contributed by atoms with van der Waals surface area (Å²) in [5.74, 6) is -2.54. The molecule has 0 spiro atoms. The first kappa shape index (κ1) is 24.6. The first-order chi connectivity index (χ1) is 14.4. The van der Waals surface area contributed by atoms with Gasteiger partial charge in [0, 0.05) is 5.69 Å². The second kappa shape index (κ2) is 10.1. The molecule has 0 heterocycles. The van der Waals surface area contributed by atoms with Gasteiger partial charge >= 0.3 is 5.97 Å². The molecule has 0 aromatic heterocycles. The number of carboxylic acid groups (broad SMARTS) is 1. The Morgan fingerprint density at radius 3 is 1.81 bits per heavy atom. The molecule has 168 valence electrons. The van der Waals surface area contributed by atoms with Crippen LogP contribution in [0.2, 0.25) is 0 Å². The fourth-order valence-corrected chi connectivity index (χ4v) is 4.20. The Morgan fingerprint density at radius 1 is 0.839 bits per heavy atom. The third kappa shape index (κ3) is 7.54. The molecule has 4 nitrogen and oxygen atoms in total. The van der Waals surface area contributed by atoms with Crippen LogP contribution < -0.4 is 5.32 Å². The van der Waals surface area contributed by atoms with Crippen molar-refractivity contribution in [2.45, 2.75) is 60.3 Å². The van der Waals surface area contributed by atoms with Crippen LogP contribution in [0, 0.1) is 22.7 Å². The Morgan fingerprint density at radius 2 is 1.35 bits per heavy atom. The average Bonchev–Trinajstić information content (AvgIpc) is 2.66. The van der Waals surface area contributed by atoms with Crippen molar-refractivity contribution in [2.24, 2.45) is 22.7 Å². The highest BCUT2D eigenvalue weighted by molar-refractivity contribution is 5.95. The Labute approximate surface area is 187 Å². The van der Waals surface area contributed by atoms with Crippen molar-refractivity contribution < 1.29 is 14.7 Å². The smallest absolute Gasteiger partial charge is 0.307 e. The van der Waals surface area contributed by atoms with Gasteiger partial charge in [-0.15, -0.1) is 0 Å². The summed E-state index contributed by atoms with van der Waals surface area (Å²) in [5, 5.41) is 13.2. The highest BCUT2D eigenvalue weighted by Crippen LogP contribution is 2.43. The van der Waals surface area contributed by atoms with Gasteiger partial charge in [-0.25, -0.2) is 0 Å². The van der Waals surface area contributed by atoms with Gasteiger partial charge in [0.1, 0.15) is 0 Å². The monoisotopic (exact) mass is 423 g/mol. The molecule has 0 aliphatic heterocycles. The van der Waals surface area contributed by atoms with Crippen LogP contribution in [0.15, 0.2) is 60.7 Å². The van der Waals surface area contributed by atoms with E-state index in [-0.39, 0.29) is 22.7 Å². The molecule has 4 heteroatoms. The second-order valence-electron chi connectivity index (χ2n) is 10.7. The molecule has 2 aromatic rings. The van der Waals surface area contributed by atoms with Gasteiger partial charge in [-0.2, -0.15) is 0 Å². The maximum Gasteiger partial charge on any atom is 0.307 e. The normalized spacial score (nSPS) is 15.0. The van der Waals surface area contributed by atoms with Gasteiger partial charge in [0.25, 0.3) is 0 Å². The molecular weight excluding hydrogens is 386 g/mol. The van der Waals surface area contributed by atoms with Crippen molar-refractivity contribution in [3.63, 3.8) is 0 Å². The summed E-state index contributed by atoms with van der Waals surface area (Å²) in [4.78, 5) is 25.8. The molecule has 1 amide bonds. The molecule has 0 aliphatic carbocycles. The molecule has 0 bridgehead atoms. The van der Waals surface area contributed by atoms with Crippen LogP contribution in [0.25, 0.3) is 0 Å². The summed E-state index contributed by atoms with van der Waals surface area (Å²) in [7, 11) is 0. The van der Waals surface area contributed by atoms with E-state index in [2.05, 4.69) is 38.2 Å². The zero-order chi connectivity index (χ0) is 23.2. The average molecular weight is 424 g/mol. The molecule has 0 saturated heterocycles. The molecule has 3 atom stereocenters. The van der Waals surface area contributed by atoms with Crippen LogP contribution in [-0.2, 0) is 9.59 Å². The Hall–Kier alpha value is -2.62. The number of aliphatic carboxylic acids is 1. The lowest BCUT2D eigenvalue weighted by molar-refractivity contribution is -0.147. The predicted molar refractivity (Wildman–Crippen MR) is 127 cm³/mol. The van der Waals surface area contributed by atoms with E-state index in [0.717, 1.165) is 5.56 Å². The van der Waals surface area contributed by atoms with Crippen molar-refractivity contribution in [1.29, 1.82) is 0 Å². The van der Waals surface area contributed by atoms with E-state index >= 15 is 0 Å². The summed E-state index contributed by atoms with van der Waals surface area (Å²) < 4.78 is 0. The number of amides is 1. The maximum absolute atomic E-state index is 13.3. The van der Waals surface area contributed by atoms with E-state index in [1.165, 1.54) is 0 Å². The summed E-state index contributed by atoms with van der Waals surface area (Å²) in [6.45, 7) is 12.5. The third-order valence-electron chi connectivity index (χ3n) is 5.75. The number of benzene rings is 2. The topological polar surface area (TPSA) is 66.4 Å². The lowest BCUT2D eigenvalue weighted by Gasteiger charge is -2.36. The molecule has 2 N–H and O–H groups in total. The minimum absolute atomic E-state index is 0.0155. The Balaban J connectivity index is 2.40. The number of anilines is 1. The Bertz CT molecular complexity index is 848. The summed E-state index contributed by atoms with van der Waals surface area (Å²) in [5.41, 5.74) is 1.47. The van der Waals surface area contributed by atoms with Crippen molar-refractivity contribution in [1.82, 2.24) is 0 Å². The van der Waals surface area contributed by atoms with Crippen molar-refractivity contribution in [2.75, 3.05) is 5.32 Å². The van der Waals surface area contributed by atoms with Crippen molar-refractivity contribution >= 4 is 17.6 Å². The zero-order valence-electron chi connectivity index (χ0n) is 19.7. The standard InChI is InChI=1S/C27H37NO3/c1-26(2,3)18-22(24(29)28-20-15-11-8-12-16-20)21(25(30)31)17-23(27(4,5)6)19-13-9-7-10-14-19/h7-16,21-23H,17-18H2,1-6H3,(H,28,29)(H,30,31). The molecule has 2 aromatic carbocycles. The second-order valence-corrected chi connectivity index (χ2v) is 10.7. The highest BCUT2D eigenvalue weighted by atomic mass is 16.4. The number of carboxylic acids is 1. The molecule has 31 heavy (non-hydrogen) atoms. The predicted octanol–water partition coefficient (Wildman–Crippen LogP) is 6.60. The number of rotatable bonds is 8. The quantitative estimate of drug-likeness (QED) is 0.503. The number of hydrogen-bond donors (Lipinski definition) is 2.